The van der Waals surface area contributed by atoms with Crippen molar-refractivity contribution in [1.29, 1.82) is 0 Å². The summed E-state index contributed by atoms with van der Waals surface area (Å²) in [7, 11) is -0.882. The number of carbonyl (C=O) groups excluding carboxylic acids is 1. The first-order valence-corrected chi connectivity index (χ1v) is 9.87. The van der Waals surface area contributed by atoms with E-state index in [2.05, 4.69) is 15.3 Å². The molecular formula is C15H17ClN4O3S2. The molecule has 0 saturated heterocycles. The van der Waals surface area contributed by atoms with Gasteiger partial charge in [0.2, 0.25) is 15.9 Å². The molecular weight excluding hydrogens is 384 g/mol. The lowest BCUT2D eigenvalue weighted by atomic mass is 10.3. The largest absolute Gasteiger partial charge is 0.325 e. The number of carbonyl (C=O) groups is 1. The second-order valence-electron chi connectivity index (χ2n) is 5.23. The minimum absolute atomic E-state index is 0.0637. The first-order chi connectivity index (χ1) is 11.7. The van der Waals surface area contributed by atoms with Crippen molar-refractivity contribution in [2.45, 2.75) is 22.1 Å². The highest BCUT2D eigenvalue weighted by Crippen LogP contribution is 2.27. The van der Waals surface area contributed by atoms with E-state index in [4.69, 9.17) is 11.6 Å². The lowest BCUT2D eigenvalue weighted by Crippen LogP contribution is -2.24. The summed E-state index contributed by atoms with van der Waals surface area (Å²) < 4.78 is 25.6. The lowest BCUT2D eigenvalue weighted by Gasteiger charge is -2.15. The van der Waals surface area contributed by atoms with E-state index in [9.17, 15) is 13.2 Å². The van der Waals surface area contributed by atoms with E-state index in [1.807, 2.05) is 0 Å². The van der Waals surface area contributed by atoms with E-state index in [0.717, 1.165) is 4.31 Å². The number of amides is 1. The van der Waals surface area contributed by atoms with Crippen LogP contribution in [0.25, 0.3) is 0 Å². The van der Waals surface area contributed by atoms with Crippen LogP contribution in [0.4, 0.5) is 5.69 Å². The van der Waals surface area contributed by atoms with Crippen molar-refractivity contribution in [3.63, 3.8) is 0 Å². The zero-order valence-corrected chi connectivity index (χ0v) is 16.2. The number of nitrogens with one attached hydrogen (secondary N) is 1. The van der Waals surface area contributed by atoms with E-state index in [0.29, 0.717) is 10.7 Å². The van der Waals surface area contributed by atoms with Gasteiger partial charge in [0.1, 0.15) is 9.92 Å². The molecule has 7 nitrogen and oxygen atoms in total. The van der Waals surface area contributed by atoms with E-state index >= 15 is 0 Å². The maximum Gasteiger partial charge on any atom is 0.244 e. The second kappa shape index (κ2) is 8.13. The zero-order valence-electron chi connectivity index (χ0n) is 13.8. The van der Waals surface area contributed by atoms with Crippen molar-refractivity contribution in [2.24, 2.45) is 0 Å². The SMILES string of the molecule is C[C@H](Sc1cnccn1)C(=O)Nc1ccc(Cl)c(S(=O)(=O)N(C)C)c1. The molecule has 0 saturated carbocycles. The highest BCUT2D eigenvalue weighted by atomic mass is 35.5. The molecule has 25 heavy (non-hydrogen) atoms. The van der Waals surface area contributed by atoms with Crippen molar-refractivity contribution in [2.75, 3.05) is 19.4 Å². The van der Waals surface area contributed by atoms with Crippen LogP contribution >= 0.6 is 23.4 Å². The van der Waals surface area contributed by atoms with Gasteiger partial charge in [0, 0.05) is 32.2 Å². The van der Waals surface area contributed by atoms with E-state index in [-0.39, 0.29) is 15.8 Å². The van der Waals surface area contributed by atoms with Crippen molar-refractivity contribution in [3.05, 3.63) is 41.8 Å². The van der Waals surface area contributed by atoms with Gasteiger partial charge in [-0.05, 0) is 25.1 Å². The Morgan fingerprint density at radius 1 is 1.32 bits per heavy atom. The Morgan fingerprint density at radius 3 is 2.64 bits per heavy atom. The van der Waals surface area contributed by atoms with Gasteiger partial charge in [0.15, 0.2) is 0 Å². The second-order valence-corrected chi connectivity index (χ2v) is 9.11. The zero-order chi connectivity index (χ0) is 18.6. The molecule has 1 heterocycles. The third-order valence-corrected chi connectivity index (χ3v) is 6.48. The summed E-state index contributed by atoms with van der Waals surface area (Å²) in [6, 6.07) is 4.33. The number of anilines is 1. The van der Waals surface area contributed by atoms with Crippen LogP contribution in [0, 0.1) is 0 Å². The predicted octanol–water partition coefficient (Wildman–Crippen LogP) is 2.50. The van der Waals surface area contributed by atoms with Gasteiger partial charge in [0.05, 0.1) is 16.5 Å². The topological polar surface area (TPSA) is 92.3 Å². The lowest BCUT2D eigenvalue weighted by molar-refractivity contribution is -0.115. The number of rotatable bonds is 6. The van der Waals surface area contributed by atoms with Crippen molar-refractivity contribution in [1.82, 2.24) is 14.3 Å². The highest BCUT2D eigenvalue weighted by molar-refractivity contribution is 8.00. The molecule has 1 aromatic carbocycles. The molecule has 0 bridgehead atoms. The smallest absolute Gasteiger partial charge is 0.244 e. The monoisotopic (exact) mass is 400 g/mol. The number of halogens is 1. The van der Waals surface area contributed by atoms with Gasteiger partial charge in [-0.15, -0.1) is 0 Å². The van der Waals surface area contributed by atoms with Crippen LogP contribution in [0.3, 0.4) is 0 Å². The van der Waals surface area contributed by atoms with Crippen LogP contribution in [0.1, 0.15) is 6.92 Å². The molecule has 0 aliphatic rings. The van der Waals surface area contributed by atoms with Gasteiger partial charge in [-0.2, -0.15) is 0 Å². The third kappa shape index (κ3) is 4.91. The number of aromatic nitrogens is 2. The summed E-state index contributed by atoms with van der Waals surface area (Å²) in [5.74, 6) is -0.286. The van der Waals surface area contributed by atoms with Crippen LogP contribution in [0.5, 0.6) is 0 Å². The summed E-state index contributed by atoms with van der Waals surface area (Å²) in [5.41, 5.74) is 0.349. The summed E-state index contributed by atoms with van der Waals surface area (Å²) in [5, 5.41) is 2.96. The molecule has 0 radical (unpaired) electrons. The Morgan fingerprint density at radius 2 is 2.04 bits per heavy atom. The summed E-state index contributed by atoms with van der Waals surface area (Å²) in [6.45, 7) is 1.72. The molecule has 0 aliphatic heterocycles. The van der Waals surface area contributed by atoms with Crippen molar-refractivity contribution < 1.29 is 13.2 Å². The number of hydrogen-bond acceptors (Lipinski definition) is 6. The van der Waals surface area contributed by atoms with Crippen molar-refractivity contribution >= 4 is 45.0 Å². The normalized spacial score (nSPS) is 12.8. The van der Waals surface area contributed by atoms with Crippen LogP contribution in [-0.2, 0) is 14.8 Å². The first kappa shape index (κ1) is 19.6. The quantitative estimate of drug-likeness (QED) is 0.749. The van der Waals surface area contributed by atoms with Gasteiger partial charge in [-0.3, -0.25) is 9.78 Å². The molecule has 134 valence electrons. The van der Waals surface area contributed by atoms with Crippen LogP contribution < -0.4 is 5.32 Å². The molecule has 2 aromatic rings. The van der Waals surface area contributed by atoms with Crippen LogP contribution in [0.15, 0.2) is 46.7 Å². The molecule has 1 atom stereocenters. The molecule has 0 spiro atoms. The van der Waals surface area contributed by atoms with Gasteiger partial charge < -0.3 is 5.32 Å². The number of hydrogen-bond donors (Lipinski definition) is 1. The van der Waals surface area contributed by atoms with E-state index in [1.54, 1.807) is 31.6 Å². The van der Waals surface area contributed by atoms with Gasteiger partial charge >= 0.3 is 0 Å². The average Bonchev–Trinajstić information content (AvgIpc) is 2.57. The number of sulfonamides is 1. The number of benzene rings is 1. The Kier molecular flexibility index (Phi) is 6.39. The van der Waals surface area contributed by atoms with Gasteiger partial charge in [-0.25, -0.2) is 17.7 Å². The Labute approximate surface area is 155 Å². The third-order valence-electron chi connectivity index (χ3n) is 3.16. The molecule has 1 N–H and O–H groups in total. The van der Waals surface area contributed by atoms with E-state index in [1.165, 1.54) is 38.0 Å². The van der Waals surface area contributed by atoms with Crippen LogP contribution in [0.2, 0.25) is 5.02 Å². The predicted molar refractivity (Wildman–Crippen MR) is 98.3 cm³/mol. The fraction of sp³-hybridized carbons (Fsp3) is 0.267. The number of thioether (sulfide) groups is 1. The standard InChI is InChI=1S/C15H17ClN4O3S2/c1-10(24-14-9-17-6-7-18-14)15(21)19-11-4-5-12(16)13(8-11)25(22,23)20(2)3/h4-10H,1-3H3,(H,19,21)/t10-/m0/s1. The van der Waals surface area contributed by atoms with Gasteiger partial charge in [-0.1, -0.05) is 23.4 Å². The average molecular weight is 401 g/mol. The number of nitrogens with zero attached hydrogens (tertiary/aromatic N) is 3. The summed E-state index contributed by atoms with van der Waals surface area (Å²) in [6.07, 6.45) is 4.66. The maximum absolute atomic E-state index is 12.3. The molecule has 0 unspecified atom stereocenters. The molecule has 10 heteroatoms. The molecule has 0 aliphatic carbocycles. The molecule has 0 fully saturated rings. The Hall–Kier alpha value is -1.68. The fourth-order valence-corrected chi connectivity index (χ4v) is 3.97. The Balaban J connectivity index is 2.16. The van der Waals surface area contributed by atoms with Gasteiger partial charge in [0.25, 0.3) is 0 Å². The minimum atomic E-state index is -3.71. The summed E-state index contributed by atoms with van der Waals surface area (Å²) in [4.78, 5) is 20.3. The molecule has 2 rings (SSSR count). The molecule has 1 aromatic heterocycles. The summed E-state index contributed by atoms with van der Waals surface area (Å²) >= 11 is 7.24. The Bertz CT molecular complexity index is 860. The van der Waals surface area contributed by atoms with Crippen molar-refractivity contribution in [3.8, 4) is 0 Å². The fourth-order valence-electron chi connectivity index (χ4n) is 1.80. The minimum Gasteiger partial charge on any atom is -0.325 e. The van der Waals surface area contributed by atoms with E-state index < -0.39 is 15.3 Å². The molecule has 1 amide bonds. The highest BCUT2D eigenvalue weighted by Gasteiger charge is 2.22. The first-order valence-electron chi connectivity index (χ1n) is 7.17. The maximum atomic E-state index is 12.3. The van der Waals surface area contributed by atoms with Crippen LogP contribution in [-0.4, -0.2) is 47.9 Å².